The van der Waals surface area contributed by atoms with Gasteiger partial charge in [0.05, 0.1) is 0 Å². The largest absolute Gasteiger partial charge is 0.115 e. The molecule has 2 atom stereocenters. The topological polar surface area (TPSA) is 0 Å². The van der Waals surface area contributed by atoms with E-state index in [9.17, 15) is 0 Å². The van der Waals surface area contributed by atoms with Crippen molar-refractivity contribution in [1.82, 2.24) is 0 Å². The van der Waals surface area contributed by atoms with E-state index in [1.165, 1.54) is 37.7 Å². The maximum Gasteiger partial charge on any atom is 0.0242 e. The number of hydrogen-bond acceptors (Lipinski definition) is 0. The Morgan fingerprint density at radius 2 is 1.63 bits per heavy atom. The zero-order valence-corrected chi connectivity index (χ0v) is 12.2. The van der Waals surface area contributed by atoms with Gasteiger partial charge >= 0.3 is 0 Å². The monoisotopic (exact) mass is 252 g/mol. The maximum absolute atomic E-state index is 5.45. The van der Waals surface area contributed by atoms with E-state index in [0.717, 1.165) is 23.3 Å². The molecule has 2 unspecified atom stereocenters. The second-order valence-electron chi connectivity index (χ2n) is 7.23. The van der Waals surface area contributed by atoms with Gasteiger partial charge in [0.15, 0.2) is 0 Å². The summed E-state index contributed by atoms with van der Waals surface area (Å²) in [5.74, 6) is 5.55. The van der Waals surface area contributed by atoms with Crippen LogP contribution in [-0.4, -0.2) is 0 Å². The van der Waals surface area contributed by atoms with Crippen LogP contribution in [0, 0.1) is 30.1 Å². The molecular weight excluding hydrogens is 228 g/mol. The van der Waals surface area contributed by atoms with Crippen molar-refractivity contribution in [3.8, 4) is 12.3 Å². The van der Waals surface area contributed by atoms with Crippen molar-refractivity contribution in [3.63, 3.8) is 0 Å². The predicted molar refractivity (Wildman–Crippen MR) is 81.0 cm³/mol. The highest BCUT2D eigenvalue weighted by molar-refractivity contribution is 5.37. The first-order valence-electron chi connectivity index (χ1n) is 7.66. The zero-order chi connectivity index (χ0) is 13.5. The summed E-state index contributed by atoms with van der Waals surface area (Å²) >= 11 is 0. The molecule has 0 amide bonds. The van der Waals surface area contributed by atoms with Crippen LogP contribution in [0.25, 0.3) is 0 Å². The number of benzene rings is 1. The van der Waals surface area contributed by atoms with Crippen molar-refractivity contribution in [1.29, 1.82) is 0 Å². The zero-order valence-electron chi connectivity index (χ0n) is 12.2. The first kappa shape index (κ1) is 12.8. The van der Waals surface area contributed by atoms with Crippen LogP contribution in [-0.2, 0) is 5.41 Å². The molecule has 3 rings (SSSR count). The smallest absolute Gasteiger partial charge is 0.0242 e. The van der Waals surface area contributed by atoms with Crippen LogP contribution in [0.3, 0.4) is 0 Å². The lowest BCUT2D eigenvalue weighted by molar-refractivity contribution is 0.0899. The van der Waals surface area contributed by atoms with Crippen molar-refractivity contribution in [2.75, 3.05) is 0 Å². The number of rotatable bonds is 1. The van der Waals surface area contributed by atoms with E-state index < -0.39 is 0 Å². The molecule has 2 fully saturated rings. The van der Waals surface area contributed by atoms with Gasteiger partial charge < -0.3 is 0 Å². The predicted octanol–water partition coefficient (Wildman–Crippen LogP) is 4.77. The van der Waals surface area contributed by atoms with E-state index in [0.29, 0.717) is 5.41 Å². The molecule has 0 heteroatoms. The number of hydrogen-bond donors (Lipinski definition) is 0. The van der Waals surface area contributed by atoms with E-state index in [2.05, 4.69) is 44.0 Å². The molecule has 0 aromatic heterocycles. The minimum atomic E-state index is 0.376. The molecule has 2 saturated carbocycles. The van der Waals surface area contributed by atoms with Gasteiger partial charge in [0, 0.05) is 5.56 Å². The van der Waals surface area contributed by atoms with Crippen LogP contribution in [0.1, 0.15) is 57.1 Å². The Bertz CT molecular complexity index is 470. The molecule has 2 aliphatic rings. The van der Waals surface area contributed by atoms with Gasteiger partial charge in [-0.2, -0.15) is 0 Å². The van der Waals surface area contributed by atoms with Gasteiger partial charge in [0.2, 0.25) is 0 Å². The summed E-state index contributed by atoms with van der Waals surface area (Å²) in [6.07, 6.45) is 12.5. The van der Waals surface area contributed by atoms with Gasteiger partial charge in [-0.1, -0.05) is 31.9 Å². The Morgan fingerprint density at radius 1 is 1.05 bits per heavy atom. The van der Waals surface area contributed by atoms with Crippen molar-refractivity contribution in [2.24, 2.45) is 17.8 Å². The van der Waals surface area contributed by atoms with Crippen molar-refractivity contribution in [2.45, 2.75) is 51.4 Å². The minimum absolute atomic E-state index is 0.376. The molecule has 0 radical (unpaired) electrons. The molecule has 0 nitrogen and oxygen atoms in total. The van der Waals surface area contributed by atoms with Gasteiger partial charge in [0.1, 0.15) is 0 Å². The van der Waals surface area contributed by atoms with E-state index in [4.69, 9.17) is 6.42 Å². The molecule has 19 heavy (non-hydrogen) atoms. The van der Waals surface area contributed by atoms with E-state index in [1.807, 2.05) is 0 Å². The van der Waals surface area contributed by atoms with Crippen molar-refractivity contribution < 1.29 is 0 Å². The molecular formula is C19H24. The summed E-state index contributed by atoms with van der Waals surface area (Å²) in [7, 11) is 0. The summed E-state index contributed by atoms with van der Waals surface area (Å²) < 4.78 is 0. The molecule has 0 aliphatic heterocycles. The highest BCUT2D eigenvalue weighted by Crippen LogP contribution is 2.51. The van der Waals surface area contributed by atoms with Crippen LogP contribution in [0.4, 0.5) is 0 Å². The van der Waals surface area contributed by atoms with Crippen LogP contribution >= 0.6 is 0 Å². The molecule has 0 spiro atoms. The van der Waals surface area contributed by atoms with Gasteiger partial charge in [0.25, 0.3) is 0 Å². The molecule has 2 aliphatic carbocycles. The average molecular weight is 252 g/mol. The Kier molecular flexibility index (Phi) is 3.17. The lowest BCUT2D eigenvalue weighted by Crippen LogP contribution is -2.38. The van der Waals surface area contributed by atoms with E-state index >= 15 is 0 Å². The molecule has 1 aromatic carbocycles. The van der Waals surface area contributed by atoms with Gasteiger partial charge in [-0.3, -0.25) is 0 Å². The molecule has 100 valence electrons. The Balaban J connectivity index is 1.85. The van der Waals surface area contributed by atoms with Gasteiger partial charge in [-0.25, -0.2) is 0 Å². The average Bonchev–Trinajstić information content (AvgIpc) is 2.37. The second kappa shape index (κ2) is 4.71. The molecule has 1 aromatic rings. The Hall–Kier alpha value is -1.22. The normalized spacial score (nSPS) is 37.6. The maximum atomic E-state index is 5.45. The minimum Gasteiger partial charge on any atom is -0.115 e. The molecule has 0 heterocycles. The Morgan fingerprint density at radius 3 is 2.16 bits per heavy atom. The molecule has 0 N–H and O–H groups in total. The van der Waals surface area contributed by atoms with Gasteiger partial charge in [-0.15, -0.1) is 6.42 Å². The van der Waals surface area contributed by atoms with E-state index in [1.54, 1.807) is 0 Å². The van der Waals surface area contributed by atoms with Crippen LogP contribution < -0.4 is 0 Å². The lowest BCUT2D eigenvalue weighted by Gasteiger charge is -2.47. The fourth-order valence-corrected chi connectivity index (χ4v) is 4.79. The summed E-state index contributed by atoms with van der Waals surface area (Å²) in [5.41, 5.74) is 2.87. The quantitative estimate of drug-likeness (QED) is 0.631. The summed E-state index contributed by atoms with van der Waals surface area (Å²) in [6, 6.07) is 8.74. The SMILES string of the molecule is C#Cc1ccc(C2(C)CC3CC(C)CC(C3)C2)cc1. The first-order chi connectivity index (χ1) is 9.09. The molecule has 2 bridgehead atoms. The second-order valence-corrected chi connectivity index (χ2v) is 7.23. The number of fused-ring (bicyclic) bond motifs is 2. The highest BCUT2D eigenvalue weighted by atomic mass is 14.5. The van der Waals surface area contributed by atoms with Crippen molar-refractivity contribution in [3.05, 3.63) is 35.4 Å². The highest BCUT2D eigenvalue weighted by Gasteiger charge is 2.41. The first-order valence-corrected chi connectivity index (χ1v) is 7.66. The third-order valence-corrected chi connectivity index (χ3v) is 5.36. The Labute approximate surface area is 117 Å². The number of terminal acetylenes is 1. The lowest BCUT2D eigenvalue weighted by atomic mass is 9.57. The van der Waals surface area contributed by atoms with Crippen LogP contribution in [0.15, 0.2) is 24.3 Å². The third kappa shape index (κ3) is 2.44. The van der Waals surface area contributed by atoms with E-state index in [-0.39, 0.29) is 0 Å². The summed E-state index contributed by atoms with van der Waals surface area (Å²) in [5, 5.41) is 0. The standard InChI is InChI=1S/C19H24/c1-4-15-5-7-18(8-6-15)19(3)12-16-9-14(2)10-17(11-16)13-19/h1,5-8,14,16-17H,9-13H2,2-3H3. The van der Waals surface area contributed by atoms with Gasteiger partial charge in [-0.05, 0) is 73.0 Å². The van der Waals surface area contributed by atoms with Crippen LogP contribution in [0.2, 0.25) is 0 Å². The fraction of sp³-hybridized carbons (Fsp3) is 0.579. The molecule has 0 saturated heterocycles. The fourth-order valence-electron chi connectivity index (χ4n) is 4.79. The van der Waals surface area contributed by atoms with Crippen LogP contribution in [0.5, 0.6) is 0 Å². The van der Waals surface area contributed by atoms with Crippen molar-refractivity contribution >= 4 is 0 Å². The third-order valence-electron chi connectivity index (χ3n) is 5.36. The summed E-state index contributed by atoms with van der Waals surface area (Å²) in [4.78, 5) is 0. The summed E-state index contributed by atoms with van der Waals surface area (Å²) in [6.45, 7) is 4.90.